The van der Waals surface area contributed by atoms with Gasteiger partial charge in [0.1, 0.15) is 11.9 Å². The van der Waals surface area contributed by atoms with E-state index < -0.39 is 18.3 Å². The molecule has 1 unspecified atom stereocenters. The van der Waals surface area contributed by atoms with Crippen LogP contribution in [0.5, 0.6) is 0 Å². The number of Topliss-reactive ketones (excluding diaryl/α,β-unsaturated/α-hetero) is 1. The summed E-state index contributed by atoms with van der Waals surface area (Å²) in [6.45, 7) is 8.45. The third-order valence-electron chi connectivity index (χ3n) is 4.62. The Kier molecular flexibility index (Phi) is 3.83. The van der Waals surface area contributed by atoms with E-state index in [0.29, 0.717) is 25.3 Å². The van der Waals surface area contributed by atoms with Crippen LogP contribution in [0.1, 0.15) is 52.5 Å². The van der Waals surface area contributed by atoms with Crippen molar-refractivity contribution in [2.75, 3.05) is 6.61 Å². The van der Waals surface area contributed by atoms with Gasteiger partial charge < -0.3 is 14.0 Å². The number of rotatable bonds is 2. The first kappa shape index (κ1) is 15.6. The van der Waals surface area contributed by atoms with Crippen molar-refractivity contribution in [1.82, 2.24) is 9.97 Å². The van der Waals surface area contributed by atoms with Crippen LogP contribution >= 0.6 is 0 Å². The summed E-state index contributed by atoms with van der Waals surface area (Å²) < 4.78 is 17.5. The number of hydrogen-bond acceptors (Lipinski definition) is 6. The number of aromatic nitrogens is 2. The molecule has 1 aromatic rings. The number of hydrogen-bond donors (Lipinski definition) is 0. The lowest BCUT2D eigenvalue weighted by molar-refractivity contribution is -0.129. The van der Waals surface area contributed by atoms with Crippen molar-refractivity contribution < 1.29 is 18.8 Å². The van der Waals surface area contributed by atoms with Crippen LogP contribution in [0.4, 0.5) is 0 Å². The molecule has 0 saturated carbocycles. The maximum atomic E-state index is 11.5. The number of nitrogens with zero attached hydrogens (tertiary/aromatic N) is 2. The highest BCUT2D eigenvalue weighted by molar-refractivity contribution is 6.61. The molecule has 0 bridgehead atoms. The van der Waals surface area contributed by atoms with Gasteiger partial charge in [-0.05, 0) is 27.7 Å². The summed E-state index contributed by atoms with van der Waals surface area (Å²) in [5.74, 6) is 0.725. The Bertz CT molecular complexity index is 557. The molecular weight excluding hydrogens is 283 g/mol. The second kappa shape index (κ2) is 5.40. The van der Waals surface area contributed by atoms with Crippen LogP contribution in [0, 0.1) is 0 Å². The molecule has 0 spiro atoms. The lowest BCUT2D eigenvalue weighted by atomic mass is 9.81. The number of carbonyl (C=O) groups excluding carboxylic acids is 1. The zero-order chi connectivity index (χ0) is 16.0. The normalized spacial score (nSPS) is 27.2. The summed E-state index contributed by atoms with van der Waals surface area (Å²) in [4.78, 5) is 20.1. The molecular formula is C15H21BN2O4. The van der Waals surface area contributed by atoms with Crippen molar-refractivity contribution in [2.24, 2.45) is 0 Å². The first-order valence-electron chi connectivity index (χ1n) is 7.59. The molecule has 3 rings (SSSR count). The minimum Gasteiger partial charge on any atom is -0.399 e. The van der Waals surface area contributed by atoms with Crippen molar-refractivity contribution in [2.45, 2.75) is 57.8 Å². The van der Waals surface area contributed by atoms with Crippen LogP contribution in [0.25, 0.3) is 0 Å². The highest BCUT2D eigenvalue weighted by atomic mass is 16.7. The summed E-state index contributed by atoms with van der Waals surface area (Å²) in [5, 5.41) is 0. The van der Waals surface area contributed by atoms with Gasteiger partial charge in [-0.1, -0.05) is 0 Å². The Morgan fingerprint density at radius 3 is 2.27 bits per heavy atom. The molecule has 6 nitrogen and oxygen atoms in total. The molecule has 0 aromatic carbocycles. The summed E-state index contributed by atoms with van der Waals surface area (Å²) >= 11 is 0. The van der Waals surface area contributed by atoms with Crippen molar-refractivity contribution in [1.29, 1.82) is 0 Å². The molecule has 1 atom stereocenters. The predicted molar refractivity (Wildman–Crippen MR) is 80.7 cm³/mol. The van der Waals surface area contributed by atoms with Crippen LogP contribution in [-0.4, -0.2) is 40.7 Å². The van der Waals surface area contributed by atoms with Gasteiger partial charge in [-0.2, -0.15) is 0 Å². The topological polar surface area (TPSA) is 70.5 Å². The SMILES string of the molecule is CC1(C)OB(c2cnc(C3CC(=O)CCO3)nc2)OC1(C)C. The molecule has 1 aromatic heterocycles. The minimum absolute atomic E-state index is 0.190. The molecule has 7 heteroatoms. The fraction of sp³-hybridized carbons (Fsp3) is 0.667. The average Bonchev–Trinajstić information content (AvgIpc) is 2.68. The number of ketones is 1. The monoisotopic (exact) mass is 304 g/mol. The second-order valence-electron chi connectivity index (χ2n) is 6.82. The molecule has 0 amide bonds. The molecule has 2 fully saturated rings. The molecule has 118 valence electrons. The lowest BCUT2D eigenvalue weighted by Gasteiger charge is -2.32. The first-order chi connectivity index (χ1) is 10.3. The molecule has 3 heterocycles. The molecule has 2 aliphatic rings. The van der Waals surface area contributed by atoms with Crippen molar-refractivity contribution in [3.63, 3.8) is 0 Å². The van der Waals surface area contributed by atoms with Gasteiger partial charge >= 0.3 is 7.12 Å². The molecule has 22 heavy (non-hydrogen) atoms. The maximum Gasteiger partial charge on any atom is 0.498 e. The van der Waals surface area contributed by atoms with E-state index in [-0.39, 0.29) is 11.9 Å². The Labute approximate surface area is 130 Å². The van der Waals surface area contributed by atoms with Crippen LogP contribution in [0.3, 0.4) is 0 Å². The zero-order valence-corrected chi connectivity index (χ0v) is 13.5. The van der Waals surface area contributed by atoms with Gasteiger partial charge in [-0.3, -0.25) is 4.79 Å². The highest BCUT2D eigenvalue weighted by Crippen LogP contribution is 2.36. The summed E-state index contributed by atoms with van der Waals surface area (Å²) in [6.07, 6.45) is 3.85. The minimum atomic E-state index is -0.479. The fourth-order valence-corrected chi connectivity index (χ4v) is 2.46. The van der Waals surface area contributed by atoms with Crippen molar-refractivity contribution in [3.8, 4) is 0 Å². The predicted octanol–water partition coefficient (Wildman–Crippen LogP) is 1.20. The standard InChI is InChI=1S/C15H21BN2O4/c1-14(2)15(3,4)22-16(21-14)10-8-17-13(18-9-10)12-7-11(19)5-6-20-12/h8-9,12H,5-7H2,1-4H3. The zero-order valence-electron chi connectivity index (χ0n) is 13.5. The Balaban J connectivity index is 1.74. The summed E-state index contributed by atoms with van der Waals surface area (Å²) in [5.41, 5.74) is -0.0191. The molecule has 2 aliphatic heterocycles. The van der Waals surface area contributed by atoms with Gasteiger partial charge in [0.15, 0.2) is 5.82 Å². The van der Waals surface area contributed by atoms with Crippen molar-refractivity contribution >= 4 is 18.4 Å². The molecule has 0 aliphatic carbocycles. The van der Waals surface area contributed by atoms with E-state index in [0.717, 1.165) is 5.46 Å². The molecule has 0 N–H and O–H groups in total. The van der Waals surface area contributed by atoms with Gasteiger partial charge in [0, 0.05) is 30.7 Å². The van der Waals surface area contributed by atoms with Gasteiger partial charge in [-0.25, -0.2) is 9.97 Å². The van der Waals surface area contributed by atoms with E-state index in [9.17, 15) is 4.79 Å². The van der Waals surface area contributed by atoms with Crippen LogP contribution in [0.2, 0.25) is 0 Å². The molecule has 0 radical (unpaired) electrons. The van der Waals surface area contributed by atoms with E-state index in [4.69, 9.17) is 14.0 Å². The van der Waals surface area contributed by atoms with Gasteiger partial charge in [-0.15, -0.1) is 0 Å². The van der Waals surface area contributed by atoms with Gasteiger partial charge in [0.2, 0.25) is 0 Å². The van der Waals surface area contributed by atoms with Crippen LogP contribution < -0.4 is 5.46 Å². The summed E-state index contributed by atoms with van der Waals surface area (Å²) in [7, 11) is -0.479. The smallest absolute Gasteiger partial charge is 0.399 e. The average molecular weight is 304 g/mol. The van der Waals surface area contributed by atoms with Crippen LogP contribution in [0.15, 0.2) is 12.4 Å². The maximum absolute atomic E-state index is 11.5. The molecule has 2 saturated heterocycles. The number of ether oxygens (including phenoxy) is 1. The van der Waals surface area contributed by atoms with E-state index >= 15 is 0 Å². The van der Waals surface area contributed by atoms with Crippen molar-refractivity contribution in [3.05, 3.63) is 18.2 Å². The third-order valence-corrected chi connectivity index (χ3v) is 4.62. The van der Waals surface area contributed by atoms with E-state index in [2.05, 4.69) is 9.97 Å². The Morgan fingerprint density at radius 1 is 1.14 bits per heavy atom. The fourth-order valence-electron chi connectivity index (χ4n) is 2.46. The highest BCUT2D eigenvalue weighted by Gasteiger charge is 2.52. The van der Waals surface area contributed by atoms with E-state index in [1.807, 2.05) is 27.7 Å². The van der Waals surface area contributed by atoms with Gasteiger partial charge in [0.25, 0.3) is 0 Å². The van der Waals surface area contributed by atoms with Gasteiger partial charge in [0.05, 0.1) is 17.8 Å². The van der Waals surface area contributed by atoms with E-state index in [1.165, 1.54) is 0 Å². The van der Waals surface area contributed by atoms with Crippen LogP contribution in [-0.2, 0) is 18.8 Å². The Morgan fingerprint density at radius 2 is 1.73 bits per heavy atom. The third kappa shape index (κ3) is 2.80. The Hall–Kier alpha value is -1.31. The summed E-state index contributed by atoms with van der Waals surface area (Å²) in [6, 6.07) is 0. The lowest BCUT2D eigenvalue weighted by Crippen LogP contribution is -2.41. The number of carbonyl (C=O) groups is 1. The second-order valence-corrected chi connectivity index (χ2v) is 6.82. The first-order valence-corrected chi connectivity index (χ1v) is 7.59. The largest absolute Gasteiger partial charge is 0.498 e. The quantitative estimate of drug-likeness (QED) is 0.765. The van der Waals surface area contributed by atoms with E-state index in [1.54, 1.807) is 12.4 Å².